The van der Waals surface area contributed by atoms with Gasteiger partial charge < -0.3 is 19.9 Å². The second-order valence-electron chi connectivity index (χ2n) is 7.49. The molecule has 5 heteroatoms. The highest BCUT2D eigenvalue weighted by atomic mass is 16.5. The molecule has 2 heterocycles. The first-order valence-corrected chi connectivity index (χ1v) is 9.62. The first-order chi connectivity index (χ1) is 12.1. The van der Waals surface area contributed by atoms with Crippen LogP contribution in [0.5, 0.6) is 0 Å². The van der Waals surface area contributed by atoms with E-state index in [1.807, 2.05) is 43.0 Å². The molecule has 2 fully saturated rings. The van der Waals surface area contributed by atoms with Gasteiger partial charge in [-0.3, -0.25) is 0 Å². The molecule has 0 aromatic heterocycles. The van der Waals surface area contributed by atoms with Crippen LogP contribution in [0.2, 0.25) is 0 Å². The molecule has 1 N–H and O–H groups in total. The third kappa shape index (κ3) is 5.19. The van der Waals surface area contributed by atoms with E-state index in [9.17, 15) is 4.79 Å². The van der Waals surface area contributed by atoms with Gasteiger partial charge in [0.1, 0.15) is 0 Å². The van der Waals surface area contributed by atoms with Gasteiger partial charge in [-0.1, -0.05) is 12.1 Å². The normalized spacial score (nSPS) is 21.2. The number of benzene rings is 1. The smallest absolute Gasteiger partial charge is 0.322 e. The van der Waals surface area contributed by atoms with E-state index in [4.69, 9.17) is 4.74 Å². The molecule has 0 aliphatic carbocycles. The standard InChI is InChI=1S/C20H31N3O2/c1-16(2)25-15-17-7-5-8-18(13-17)21-20(24)23-12-6-9-19(23)14-22-10-3-4-11-22/h5,7-8,13,16,19H,3-4,6,9-12,14-15H2,1-2H3,(H,21,24)/t19-/m0/s1. The summed E-state index contributed by atoms with van der Waals surface area (Å²) in [6.45, 7) is 8.88. The SMILES string of the molecule is CC(C)OCc1cccc(NC(=O)N2CCC[C@H]2CN2CCCC2)c1. The summed E-state index contributed by atoms with van der Waals surface area (Å²) in [5.74, 6) is 0. The Morgan fingerprint density at radius 2 is 2.04 bits per heavy atom. The van der Waals surface area contributed by atoms with E-state index in [-0.39, 0.29) is 12.1 Å². The largest absolute Gasteiger partial charge is 0.374 e. The molecule has 0 saturated carbocycles. The molecule has 1 atom stereocenters. The monoisotopic (exact) mass is 345 g/mol. The molecule has 138 valence electrons. The third-order valence-electron chi connectivity index (χ3n) is 5.07. The zero-order valence-corrected chi connectivity index (χ0v) is 15.5. The number of nitrogens with zero attached hydrogens (tertiary/aromatic N) is 2. The fourth-order valence-corrected chi connectivity index (χ4v) is 3.75. The maximum absolute atomic E-state index is 12.7. The van der Waals surface area contributed by atoms with Crippen LogP contribution in [0.4, 0.5) is 10.5 Å². The van der Waals surface area contributed by atoms with Crippen LogP contribution in [-0.4, -0.2) is 54.2 Å². The summed E-state index contributed by atoms with van der Waals surface area (Å²) in [7, 11) is 0. The summed E-state index contributed by atoms with van der Waals surface area (Å²) in [6, 6.07) is 8.34. The second kappa shape index (κ2) is 8.68. The van der Waals surface area contributed by atoms with Crippen LogP contribution < -0.4 is 5.32 Å². The highest BCUT2D eigenvalue weighted by Crippen LogP contribution is 2.22. The number of rotatable bonds is 6. The molecule has 2 amide bonds. The Balaban J connectivity index is 1.56. The summed E-state index contributed by atoms with van der Waals surface area (Å²) in [5.41, 5.74) is 1.93. The van der Waals surface area contributed by atoms with Crippen molar-refractivity contribution in [3.05, 3.63) is 29.8 Å². The van der Waals surface area contributed by atoms with Gasteiger partial charge in [0.05, 0.1) is 12.7 Å². The number of hydrogen-bond acceptors (Lipinski definition) is 3. The molecule has 0 spiro atoms. The van der Waals surface area contributed by atoms with Gasteiger partial charge in [0.15, 0.2) is 0 Å². The summed E-state index contributed by atoms with van der Waals surface area (Å²) in [5, 5.41) is 3.08. The van der Waals surface area contributed by atoms with Crippen molar-refractivity contribution in [3.63, 3.8) is 0 Å². The molecule has 0 radical (unpaired) electrons. The molecule has 2 aliphatic rings. The van der Waals surface area contributed by atoms with E-state index in [0.29, 0.717) is 12.6 Å². The Kier molecular flexibility index (Phi) is 6.32. The minimum absolute atomic E-state index is 0.0311. The summed E-state index contributed by atoms with van der Waals surface area (Å²) >= 11 is 0. The van der Waals surface area contributed by atoms with E-state index in [1.165, 1.54) is 25.9 Å². The maximum Gasteiger partial charge on any atom is 0.322 e. The predicted octanol–water partition coefficient (Wildman–Crippen LogP) is 3.70. The van der Waals surface area contributed by atoms with E-state index < -0.39 is 0 Å². The summed E-state index contributed by atoms with van der Waals surface area (Å²) in [4.78, 5) is 17.3. The number of carbonyl (C=O) groups excluding carboxylic acids is 1. The highest BCUT2D eigenvalue weighted by Gasteiger charge is 2.30. The molecule has 5 nitrogen and oxygen atoms in total. The van der Waals surface area contributed by atoms with Crippen molar-refractivity contribution in [3.8, 4) is 0 Å². The summed E-state index contributed by atoms with van der Waals surface area (Å²) < 4.78 is 5.65. The van der Waals surface area contributed by atoms with Crippen molar-refractivity contribution in [2.45, 2.75) is 58.3 Å². The fourth-order valence-electron chi connectivity index (χ4n) is 3.75. The minimum atomic E-state index is 0.0311. The van der Waals surface area contributed by atoms with Gasteiger partial charge in [-0.25, -0.2) is 4.79 Å². The Labute approximate surface area is 151 Å². The van der Waals surface area contributed by atoms with Gasteiger partial charge in [-0.2, -0.15) is 0 Å². The first kappa shape index (κ1) is 18.2. The number of anilines is 1. The van der Waals surface area contributed by atoms with Gasteiger partial charge in [-0.05, 0) is 70.3 Å². The number of likely N-dealkylation sites (tertiary alicyclic amines) is 2. The average Bonchev–Trinajstić information content (AvgIpc) is 3.25. The lowest BCUT2D eigenvalue weighted by Crippen LogP contribution is -2.44. The maximum atomic E-state index is 12.7. The first-order valence-electron chi connectivity index (χ1n) is 9.62. The Morgan fingerprint density at radius 1 is 1.24 bits per heavy atom. The quantitative estimate of drug-likeness (QED) is 0.855. The highest BCUT2D eigenvalue weighted by molar-refractivity contribution is 5.89. The lowest BCUT2D eigenvalue weighted by molar-refractivity contribution is 0.0657. The molecule has 3 rings (SSSR count). The minimum Gasteiger partial charge on any atom is -0.374 e. The Bertz CT molecular complexity index is 570. The third-order valence-corrected chi connectivity index (χ3v) is 5.07. The molecule has 2 saturated heterocycles. The topological polar surface area (TPSA) is 44.8 Å². The van der Waals surface area contributed by atoms with Gasteiger partial charge in [0.2, 0.25) is 0 Å². The Hall–Kier alpha value is -1.59. The molecular weight excluding hydrogens is 314 g/mol. The van der Waals surface area contributed by atoms with Crippen molar-refractivity contribution in [2.75, 3.05) is 31.5 Å². The number of amides is 2. The second-order valence-corrected chi connectivity index (χ2v) is 7.49. The van der Waals surface area contributed by atoms with Gasteiger partial charge >= 0.3 is 6.03 Å². The molecule has 1 aromatic rings. The van der Waals surface area contributed by atoms with Crippen LogP contribution in [0.15, 0.2) is 24.3 Å². The van der Waals surface area contributed by atoms with Crippen LogP contribution in [0.25, 0.3) is 0 Å². The number of ether oxygens (including phenoxy) is 1. The van der Waals surface area contributed by atoms with E-state index in [0.717, 1.165) is 37.2 Å². The number of nitrogens with one attached hydrogen (secondary N) is 1. The molecule has 2 aliphatic heterocycles. The van der Waals surface area contributed by atoms with Crippen LogP contribution in [0.3, 0.4) is 0 Å². The van der Waals surface area contributed by atoms with Crippen LogP contribution >= 0.6 is 0 Å². The van der Waals surface area contributed by atoms with Crippen molar-refractivity contribution in [1.82, 2.24) is 9.80 Å². The van der Waals surface area contributed by atoms with Crippen molar-refractivity contribution < 1.29 is 9.53 Å². The van der Waals surface area contributed by atoms with Crippen molar-refractivity contribution >= 4 is 11.7 Å². The number of hydrogen-bond donors (Lipinski definition) is 1. The van der Waals surface area contributed by atoms with Gasteiger partial charge in [0, 0.05) is 24.8 Å². The van der Waals surface area contributed by atoms with Gasteiger partial charge in [0.25, 0.3) is 0 Å². The lowest BCUT2D eigenvalue weighted by atomic mass is 10.2. The molecule has 1 aromatic carbocycles. The lowest BCUT2D eigenvalue weighted by Gasteiger charge is -2.28. The summed E-state index contributed by atoms with van der Waals surface area (Å²) in [6.07, 6.45) is 5.02. The van der Waals surface area contributed by atoms with Crippen molar-refractivity contribution in [2.24, 2.45) is 0 Å². The average molecular weight is 345 g/mol. The van der Waals surface area contributed by atoms with Crippen molar-refractivity contribution in [1.29, 1.82) is 0 Å². The fraction of sp³-hybridized carbons (Fsp3) is 0.650. The van der Waals surface area contributed by atoms with Crippen LogP contribution in [0.1, 0.15) is 45.1 Å². The predicted molar refractivity (Wildman–Crippen MR) is 101 cm³/mol. The molecule has 0 bridgehead atoms. The van der Waals surface area contributed by atoms with E-state index >= 15 is 0 Å². The van der Waals surface area contributed by atoms with Crippen LogP contribution in [-0.2, 0) is 11.3 Å². The number of urea groups is 1. The Morgan fingerprint density at radius 3 is 2.80 bits per heavy atom. The van der Waals surface area contributed by atoms with Crippen LogP contribution in [0, 0.1) is 0 Å². The van der Waals surface area contributed by atoms with Gasteiger partial charge in [-0.15, -0.1) is 0 Å². The zero-order valence-electron chi connectivity index (χ0n) is 15.5. The van der Waals surface area contributed by atoms with E-state index in [1.54, 1.807) is 0 Å². The van der Waals surface area contributed by atoms with E-state index in [2.05, 4.69) is 10.2 Å². The number of carbonyl (C=O) groups is 1. The molecule has 25 heavy (non-hydrogen) atoms. The zero-order chi connectivity index (χ0) is 17.6. The molecular formula is C20H31N3O2. The molecule has 0 unspecified atom stereocenters.